The number of benzene rings is 3. The molecule has 5 rings (SSSR count). The van der Waals surface area contributed by atoms with E-state index in [0.717, 1.165) is 44.3 Å². The van der Waals surface area contributed by atoms with Gasteiger partial charge in [0.15, 0.2) is 12.0 Å². The molecule has 0 saturated heterocycles. The first-order valence-electron chi connectivity index (χ1n) is 10.2. The van der Waals surface area contributed by atoms with Crippen molar-refractivity contribution in [2.45, 2.75) is 6.92 Å². The van der Waals surface area contributed by atoms with Crippen LogP contribution in [0.1, 0.15) is 5.56 Å². The molecule has 0 N–H and O–H groups in total. The van der Waals surface area contributed by atoms with Gasteiger partial charge < -0.3 is 0 Å². The fraction of sp³-hybridized carbons (Fsp3) is 0.0741. The van der Waals surface area contributed by atoms with Crippen LogP contribution in [0.15, 0.2) is 91.4 Å². The lowest BCUT2D eigenvalue weighted by atomic mass is 9.96. The van der Waals surface area contributed by atoms with Gasteiger partial charge in [-0.3, -0.25) is 0 Å². The first-order valence-corrected chi connectivity index (χ1v) is 10.2. The first-order chi connectivity index (χ1) is 15.1. The van der Waals surface area contributed by atoms with Crippen molar-refractivity contribution in [1.82, 2.24) is 9.97 Å². The molecule has 150 valence electrons. The Morgan fingerprint density at radius 2 is 1.48 bits per heavy atom. The molecule has 31 heavy (non-hydrogen) atoms. The van der Waals surface area contributed by atoms with Gasteiger partial charge in [0.25, 0.3) is 0 Å². The van der Waals surface area contributed by atoms with E-state index in [0.29, 0.717) is 5.82 Å². The molecular weight excluding hydrogens is 385 g/mol. The van der Waals surface area contributed by atoms with Crippen LogP contribution in [-0.2, 0) is 7.05 Å². The van der Waals surface area contributed by atoms with E-state index in [1.165, 1.54) is 6.07 Å². The van der Waals surface area contributed by atoms with Crippen LogP contribution in [0.4, 0.5) is 4.39 Å². The van der Waals surface area contributed by atoms with Crippen LogP contribution in [0.25, 0.3) is 44.5 Å². The maximum atomic E-state index is 13.8. The molecule has 2 aromatic heterocycles. The summed E-state index contributed by atoms with van der Waals surface area (Å²) >= 11 is 0. The summed E-state index contributed by atoms with van der Waals surface area (Å²) in [5.41, 5.74) is 6.55. The van der Waals surface area contributed by atoms with E-state index in [4.69, 9.17) is 0 Å². The molecule has 4 heteroatoms. The smallest absolute Gasteiger partial charge is 0.213 e. The second kappa shape index (κ2) is 7.73. The maximum Gasteiger partial charge on any atom is 0.213 e. The Morgan fingerprint density at radius 3 is 2.26 bits per heavy atom. The lowest BCUT2D eigenvalue weighted by Gasteiger charge is -2.09. The van der Waals surface area contributed by atoms with E-state index < -0.39 is 0 Å². The van der Waals surface area contributed by atoms with Crippen LogP contribution >= 0.6 is 0 Å². The highest BCUT2D eigenvalue weighted by molar-refractivity contribution is 5.88. The van der Waals surface area contributed by atoms with Crippen LogP contribution < -0.4 is 4.57 Å². The van der Waals surface area contributed by atoms with Crippen LogP contribution in [0.2, 0.25) is 0 Å². The summed E-state index contributed by atoms with van der Waals surface area (Å²) in [6, 6.07) is 23.5. The van der Waals surface area contributed by atoms with E-state index in [-0.39, 0.29) is 5.82 Å². The molecule has 0 atom stereocenters. The lowest BCUT2D eigenvalue weighted by molar-refractivity contribution is -0.660. The third kappa shape index (κ3) is 3.68. The second-order valence-electron chi connectivity index (χ2n) is 7.72. The van der Waals surface area contributed by atoms with Gasteiger partial charge >= 0.3 is 0 Å². The van der Waals surface area contributed by atoms with Gasteiger partial charge in [-0.05, 0) is 58.7 Å². The van der Waals surface area contributed by atoms with Crippen molar-refractivity contribution in [2.75, 3.05) is 0 Å². The van der Waals surface area contributed by atoms with Crippen LogP contribution in [-0.4, -0.2) is 9.97 Å². The summed E-state index contributed by atoms with van der Waals surface area (Å²) in [5, 5.41) is 1.94. The minimum atomic E-state index is -0.220. The quantitative estimate of drug-likeness (QED) is 0.349. The second-order valence-corrected chi connectivity index (χ2v) is 7.72. The minimum Gasteiger partial charge on any atom is -0.237 e. The van der Waals surface area contributed by atoms with Crippen molar-refractivity contribution in [3.8, 4) is 33.8 Å². The van der Waals surface area contributed by atoms with Crippen LogP contribution in [0, 0.1) is 12.7 Å². The normalized spacial score (nSPS) is 11.1. The molecule has 0 bridgehead atoms. The summed E-state index contributed by atoms with van der Waals surface area (Å²) in [6.07, 6.45) is 5.56. The molecule has 0 radical (unpaired) electrons. The molecular formula is C27H21FN3+. The summed E-state index contributed by atoms with van der Waals surface area (Å²) in [4.78, 5) is 8.63. The molecule has 0 aliphatic heterocycles. The van der Waals surface area contributed by atoms with Gasteiger partial charge in [-0.2, -0.15) is 0 Å². The number of fused-ring (bicyclic) bond motifs is 1. The molecule has 0 amide bonds. The standard InChI is InChI=1S/C27H21FN3/c1-18-14-21-8-9-24(28)15-23(21)16-25(18)26-17-22(10-13-31(26)2)19-4-6-20(7-5-19)27-29-11-3-12-30-27/h3-17H,1-2H3/q+1. The number of hydrogen-bond donors (Lipinski definition) is 0. The van der Waals surface area contributed by atoms with Gasteiger partial charge in [0.05, 0.1) is 0 Å². The topological polar surface area (TPSA) is 29.7 Å². The molecule has 0 aliphatic carbocycles. The molecule has 0 fully saturated rings. The third-order valence-corrected chi connectivity index (χ3v) is 5.61. The van der Waals surface area contributed by atoms with E-state index >= 15 is 0 Å². The third-order valence-electron chi connectivity index (χ3n) is 5.61. The van der Waals surface area contributed by atoms with Crippen LogP contribution in [0.3, 0.4) is 0 Å². The summed E-state index contributed by atoms with van der Waals surface area (Å²) in [5.74, 6) is 0.496. The van der Waals surface area contributed by atoms with E-state index in [9.17, 15) is 4.39 Å². The van der Waals surface area contributed by atoms with Gasteiger partial charge in [0, 0.05) is 35.7 Å². The Bertz CT molecular complexity index is 1390. The van der Waals surface area contributed by atoms with Gasteiger partial charge in [-0.25, -0.2) is 18.9 Å². The molecule has 3 aromatic carbocycles. The van der Waals surface area contributed by atoms with Crippen LogP contribution in [0.5, 0.6) is 0 Å². The average molecular weight is 406 g/mol. The predicted octanol–water partition coefficient (Wildman–Crippen LogP) is 5.90. The highest BCUT2D eigenvalue weighted by Crippen LogP contribution is 2.30. The summed E-state index contributed by atoms with van der Waals surface area (Å²) in [6.45, 7) is 2.10. The zero-order chi connectivity index (χ0) is 21.4. The van der Waals surface area contributed by atoms with Crippen molar-refractivity contribution < 1.29 is 8.96 Å². The SMILES string of the molecule is Cc1cc2ccc(F)cc2cc1-c1cc(-c2ccc(-c3ncccn3)cc2)cc[n+]1C. The summed E-state index contributed by atoms with van der Waals surface area (Å²) < 4.78 is 15.9. The number of rotatable bonds is 3. The van der Waals surface area contributed by atoms with Gasteiger partial charge in [-0.15, -0.1) is 0 Å². The zero-order valence-electron chi connectivity index (χ0n) is 17.4. The van der Waals surface area contributed by atoms with Crippen molar-refractivity contribution in [3.05, 3.63) is 103 Å². The van der Waals surface area contributed by atoms with Crippen molar-refractivity contribution in [2.24, 2.45) is 7.05 Å². The monoisotopic (exact) mass is 406 g/mol. The van der Waals surface area contributed by atoms with Crippen molar-refractivity contribution in [1.29, 1.82) is 0 Å². The number of aromatic nitrogens is 3. The van der Waals surface area contributed by atoms with E-state index in [2.05, 4.69) is 64.1 Å². The summed E-state index contributed by atoms with van der Waals surface area (Å²) in [7, 11) is 2.03. The Balaban J connectivity index is 1.57. The number of halogens is 1. The van der Waals surface area contributed by atoms with Gasteiger partial charge in [-0.1, -0.05) is 36.4 Å². The Labute approximate surface area is 180 Å². The van der Waals surface area contributed by atoms with Gasteiger partial charge in [0.2, 0.25) is 5.69 Å². The lowest BCUT2D eigenvalue weighted by Crippen LogP contribution is -2.30. The maximum absolute atomic E-state index is 13.8. The highest BCUT2D eigenvalue weighted by Gasteiger charge is 2.15. The number of pyridine rings is 1. The number of hydrogen-bond acceptors (Lipinski definition) is 2. The zero-order valence-corrected chi connectivity index (χ0v) is 17.4. The van der Waals surface area contributed by atoms with E-state index in [1.807, 2.05) is 31.3 Å². The largest absolute Gasteiger partial charge is 0.237 e. The van der Waals surface area contributed by atoms with Crippen molar-refractivity contribution in [3.63, 3.8) is 0 Å². The minimum absolute atomic E-state index is 0.220. The molecule has 0 saturated carbocycles. The number of aryl methyl sites for hydroxylation is 2. The molecule has 3 nitrogen and oxygen atoms in total. The average Bonchev–Trinajstić information content (AvgIpc) is 2.80. The fourth-order valence-electron chi connectivity index (χ4n) is 3.94. The molecule has 5 aromatic rings. The Morgan fingerprint density at radius 1 is 0.742 bits per heavy atom. The van der Waals surface area contributed by atoms with Crippen molar-refractivity contribution >= 4 is 10.8 Å². The number of nitrogens with zero attached hydrogens (tertiary/aromatic N) is 3. The van der Waals surface area contributed by atoms with Gasteiger partial charge in [0.1, 0.15) is 12.9 Å². The predicted molar refractivity (Wildman–Crippen MR) is 122 cm³/mol. The Hall–Kier alpha value is -3.92. The highest BCUT2D eigenvalue weighted by atomic mass is 19.1. The molecule has 2 heterocycles. The first kappa shape index (κ1) is 19.1. The Kier molecular flexibility index (Phi) is 4.75. The molecule has 0 aliphatic rings. The van der Waals surface area contributed by atoms with E-state index in [1.54, 1.807) is 18.5 Å². The molecule has 0 spiro atoms. The fourth-order valence-corrected chi connectivity index (χ4v) is 3.94. The molecule has 0 unspecified atom stereocenters.